The van der Waals surface area contributed by atoms with Gasteiger partial charge in [-0.1, -0.05) is 17.4 Å². The van der Waals surface area contributed by atoms with Crippen LogP contribution in [0.4, 0.5) is 0 Å². The summed E-state index contributed by atoms with van der Waals surface area (Å²) >= 11 is 4.48. The minimum absolute atomic E-state index is 0.593. The zero-order valence-electron chi connectivity index (χ0n) is 3.37. The van der Waals surface area contributed by atoms with E-state index in [1.54, 1.807) is 0 Å². The Hall–Kier alpha value is -0.770. The van der Waals surface area contributed by atoms with Crippen molar-refractivity contribution in [2.75, 3.05) is 0 Å². The number of thiocarbonyl (C=S) groups is 1. The molecule has 7 heavy (non-hydrogen) atoms. The van der Waals surface area contributed by atoms with E-state index in [4.69, 9.17) is 0 Å². The fourth-order valence-corrected chi connectivity index (χ4v) is 0.328. The minimum Gasteiger partial charge on any atom is -0.244 e. The molecule has 0 aromatic carbocycles. The van der Waals surface area contributed by atoms with Crippen LogP contribution < -0.4 is 0 Å². The molecule has 1 rings (SSSR count). The zero-order chi connectivity index (χ0) is 5.11. The van der Waals surface area contributed by atoms with Gasteiger partial charge in [0, 0.05) is 5.37 Å². The van der Waals surface area contributed by atoms with E-state index >= 15 is 0 Å². The van der Waals surface area contributed by atoms with Crippen molar-refractivity contribution in [2.24, 2.45) is 0 Å². The molecule has 1 heterocycles. The summed E-state index contributed by atoms with van der Waals surface area (Å²) in [5, 5.41) is 8.10. The van der Waals surface area contributed by atoms with Gasteiger partial charge >= 0.3 is 0 Å². The van der Waals surface area contributed by atoms with Crippen LogP contribution in [0.2, 0.25) is 0 Å². The molecule has 0 radical (unpaired) electrons. The lowest BCUT2D eigenvalue weighted by atomic mass is 10.6. The number of hydrogen-bond acceptors (Lipinski definition) is 4. The van der Waals surface area contributed by atoms with E-state index in [9.17, 15) is 0 Å². The van der Waals surface area contributed by atoms with Crippen LogP contribution in [0.15, 0.2) is 10.8 Å². The van der Waals surface area contributed by atoms with E-state index in [1.165, 1.54) is 11.6 Å². The predicted octanol–water partition coefficient (Wildman–Crippen LogP) is 0.417. The highest BCUT2D eigenvalue weighted by Crippen LogP contribution is 1.81. The van der Waals surface area contributed by atoms with E-state index in [0.717, 1.165) is 0 Å². The van der Waals surface area contributed by atoms with Crippen molar-refractivity contribution in [3.63, 3.8) is 0 Å². The van der Waals surface area contributed by atoms with E-state index in [2.05, 4.69) is 27.2 Å². The monoisotopic (exact) mass is 114 g/mol. The number of hydrogen-bond donors (Lipinski definition) is 0. The van der Waals surface area contributed by atoms with Gasteiger partial charge in [0.15, 0.2) is 0 Å². The Morgan fingerprint density at radius 1 is 1.86 bits per heavy atom. The molecule has 0 aliphatic carbocycles. The number of nitrogens with zero attached hydrogens (tertiary/aromatic N) is 2. The van der Waals surface area contributed by atoms with E-state index in [-0.39, 0.29) is 0 Å². The highest BCUT2D eigenvalue weighted by Gasteiger charge is 1.85. The Kier molecular flexibility index (Phi) is 1.12. The molecule has 0 fully saturated rings. The Labute approximate surface area is 45.3 Å². The van der Waals surface area contributed by atoms with Crippen molar-refractivity contribution >= 4 is 17.6 Å². The summed E-state index contributed by atoms with van der Waals surface area (Å²) in [7, 11) is 0. The second-order valence-corrected chi connectivity index (χ2v) is 1.19. The van der Waals surface area contributed by atoms with Gasteiger partial charge in [-0.3, -0.25) is 0 Å². The molecular weight excluding hydrogens is 112 g/mol. The van der Waals surface area contributed by atoms with Gasteiger partial charge in [0.25, 0.3) is 0 Å². The van der Waals surface area contributed by atoms with Gasteiger partial charge in [-0.15, -0.1) is 0 Å². The molecule has 0 atom stereocenters. The summed E-state index contributed by atoms with van der Waals surface area (Å²) in [5.41, 5.74) is 0.593. The molecule has 1 aromatic heterocycles. The van der Waals surface area contributed by atoms with Gasteiger partial charge in [-0.2, -0.15) is 0 Å². The van der Waals surface area contributed by atoms with Crippen LogP contribution in [0.25, 0.3) is 0 Å². The Balaban J connectivity index is 2.96. The average Bonchev–Trinajstić information content (AvgIpc) is 2.14. The third-order valence-corrected chi connectivity index (χ3v) is 0.741. The topological polar surface area (TPSA) is 38.9 Å². The van der Waals surface area contributed by atoms with Gasteiger partial charge in [0.05, 0.1) is 6.20 Å². The molecule has 0 spiro atoms. The van der Waals surface area contributed by atoms with Crippen molar-refractivity contribution in [3.05, 3.63) is 11.9 Å². The van der Waals surface area contributed by atoms with Crippen molar-refractivity contribution < 1.29 is 4.63 Å². The lowest BCUT2D eigenvalue weighted by Gasteiger charge is -1.62. The summed E-state index contributed by atoms with van der Waals surface area (Å²) < 4.78 is 4.21. The van der Waals surface area contributed by atoms with E-state index in [1.807, 2.05) is 0 Å². The highest BCUT2D eigenvalue weighted by molar-refractivity contribution is 7.79. The molecule has 0 unspecified atom stereocenters. The van der Waals surface area contributed by atoms with Gasteiger partial charge in [0.1, 0.15) is 5.69 Å². The molecule has 0 saturated heterocycles. The molecular formula is C3H2N2OS. The maximum Gasteiger partial charge on any atom is 0.138 e. The van der Waals surface area contributed by atoms with Crippen molar-refractivity contribution in [1.29, 1.82) is 0 Å². The Morgan fingerprint density at radius 2 is 2.71 bits per heavy atom. The Bertz CT molecular complexity index is 148. The molecule has 36 valence electrons. The first-order chi connectivity index (χ1) is 3.43. The fraction of sp³-hybridized carbons (Fsp3) is 0. The predicted molar refractivity (Wildman–Crippen MR) is 27.1 cm³/mol. The number of rotatable bonds is 1. The minimum atomic E-state index is 0.593. The van der Waals surface area contributed by atoms with Gasteiger partial charge in [0.2, 0.25) is 0 Å². The van der Waals surface area contributed by atoms with Crippen LogP contribution in [0.1, 0.15) is 5.69 Å². The van der Waals surface area contributed by atoms with Crippen LogP contribution in [-0.2, 0) is 0 Å². The van der Waals surface area contributed by atoms with E-state index in [0.29, 0.717) is 5.69 Å². The Morgan fingerprint density at radius 3 is 3.00 bits per heavy atom. The van der Waals surface area contributed by atoms with Crippen LogP contribution in [0.5, 0.6) is 0 Å². The van der Waals surface area contributed by atoms with Gasteiger partial charge in [-0.05, 0) is 5.16 Å². The van der Waals surface area contributed by atoms with Crippen LogP contribution in [0.3, 0.4) is 0 Å². The highest BCUT2D eigenvalue weighted by atomic mass is 32.1. The largest absolute Gasteiger partial charge is 0.244 e. The van der Waals surface area contributed by atoms with Crippen molar-refractivity contribution in [2.45, 2.75) is 0 Å². The van der Waals surface area contributed by atoms with E-state index < -0.39 is 0 Å². The molecule has 0 amide bonds. The first-order valence-corrected chi connectivity index (χ1v) is 2.13. The first kappa shape index (κ1) is 4.39. The van der Waals surface area contributed by atoms with Crippen LogP contribution in [0, 0.1) is 0 Å². The SMILES string of the molecule is S=Cc1cnon1. The average molecular weight is 114 g/mol. The molecule has 0 bridgehead atoms. The fourth-order valence-electron chi connectivity index (χ4n) is 0.224. The molecule has 3 nitrogen and oxygen atoms in total. The zero-order valence-corrected chi connectivity index (χ0v) is 4.18. The summed E-state index contributed by atoms with van der Waals surface area (Å²) in [5.74, 6) is 0. The molecule has 0 saturated carbocycles. The summed E-state index contributed by atoms with van der Waals surface area (Å²) in [6.45, 7) is 0. The molecule has 4 heteroatoms. The third-order valence-electron chi connectivity index (χ3n) is 0.499. The second-order valence-electron chi connectivity index (χ2n) is 0.950. The summed E-state index contributed by atoms with van der Waals surface area (Å²) in [6.07, 6.45) is 1.45. The molecule has 0 aliphatic rings. The molecule has 0 N–H and O–H groups in total. The van der Waals surface area contributed by atoms with Gasteiger partial charge < -0.3 is 0 Å². The first-order valence-electron chi connectivity index (χ1n) is 1.66. The quantitative estimate of drug-likeness (QED) is 0.496. The van der Waals surface area contributed by atoms with Crippen LogP contribution >= 0.6 is 12.2 Å². The third kappa shape index (κ3) is 0.806. The molecule has 0 aliphatic heterocycles. The van der Waals surface area contributed by atoms with Crippen LogP contribution in [-0.4, -0.2) is 15.7 Å². The maximum atomic E-state index is 4.48. The molecule has 1 aromatic rings. The maximum absolute atomic E-state index is 4.48. The second kappa shape index (κ2) is 1.79. The summed E-state index contributed by atoms with van der Waals surface area (Å²) in [4.78, 5) is 0. The van der Waals surface area contributed by atoms with Crippen molar-refractivity contribution in [1.82, 2.24) is 10.3 Å². The lowest BCUT2D eigenvalue weighted by Crippen LogP contribution is -1.70. The standard InChI is InChI=1S/C3H2N2OS/c7-2-3-1-4-6-5-3/h1-2H. The van der Waals surface area contributed by atoms with Crippen molar-refractivity contribution in [3.8, 4) is 0 Å². The normalized spacial score (nSPS) is 8.57. The van der Waals surface area contributed by atoms with Gasteiger partial charge in [-0.25, -0.2) is 4.63 Å². The number of aromatic nitrogens is 2. The smallest absolute Gasteiger partial charge is 0.138 e. The lowest BCUT2D eigenvalue weighted by molar-refractivity contribution is 0.306. The summed E-state index contributed by atoms with van der Waals surface area (Å²) in [6, 6.07) is 0.